The number of imidazole rings is 2. The van der Waals surface area contributed by atoms with Crippen LogP contribution in [0.1, 0.15) is 68.8 Å². The molecule has 53 heavy (non-hydrogen) atoms. The molecular weight excluding hydrogens is 663 g/mol. The summed E-state index contributed by atoms with van der Waals surface area (Å²) in [5, 5.41) is 10.4. The van der Waals surface area contributed by atoms with Gasteiger partial charge in [0.25, 0.3) is 0 Å². The molecule has 3 aromatic carbocycles. The van der Waals surface area contributed by atoms with Crippen LogP contribution in [0, 0.1) is 5.92 Å². The molecule has 6 aromatic rings. The number of hydrogen-bond acceptors (Lipinski definition) is 7. The van der Waals surface area contributed by atoms with E-state index in [-0.39, 0.29) is 35.9 Å². The van der Waals surface area contributed by atoms with E-state index in [1.54, 1.807) is 7.05 Å². The molecule has 4 heterocycles. The van der Waals surface area contributed by atoms with Crippen molar-refractivity contribution in [2.45, 2.75) is 64.1 Å². The monoisotopic (exact) mass is 711 g/mol. The number of benzene rings is 3. The fourth-order valence-electron chi connectivity index (χ4n) is 7.50. The van der Waals surface area contributed by atoms with Gasteiger partial charge in [0, 0.05) is 24.9 Å². The molecule has 0 bridgehead atoms. The van der Waals surface area contributed by atoms with Crippen LogP contribution in [-0.4, -0.2) is 74.9 Å². The summed E-state index contributed by atoms with van der Waals surface area (Å²) in [6.45, 7) is 5.51. The highest BCUT2D eigenvalue weighted by Crippen LogP contribution is 2.34. The molecular formula is C42H49N9O2. The van der Waals surface area contributed by atoms with Gasteiger partial charge in [-0.3, -0.25) is 9.59 Å². The van der Waals surface area contributed by atoms with Crippen molar-refractivity contribution in [2.75, 3.05) is 27.2 Å². The molecule has 0 spiro atoms. The highest BCUT2D eigenvalue weighted by atomic mass is 16.2. The number of hydrogen-bond donors (Lipinski definition) is 5. The van der Waals surface area contributed by atoms with Crippen molar-refractivity contribution in [3.8, 4) is 22.5 Å². The Kier molecular flexibility index (Phi) is 10.9. The lowest BCUT2D eigenvalue weighted by Crippen LogP contribution is -2.47. The van der Waals surface area contributed by atoms with Crippen molar-refractivity contribution < 1.29 is 9.59 Å². The zero-order valence-corrected chi connectivity index (χ0v) is 30.9. The number of carbonyl (C=O) groups is 2. The van der Waals surface area contributed by atoms with Gasteiger partial charge >= 0.3 is 0 Å². The quantitative estimate of drug-likeness (QED) is 0.0815. The van der Waals surface area contributed by atoms with E-state index in [0.29, 0.717) is 6.54 Å². The molecule has 1 fully saturated rings. The number of carbonyl (C=O) groups excluding carboxylic acids is 2. The number of aryl methyl sites for hydroxylation is 1. The maximum absolute atomic E-state index is 13.4. The first kappa shape index (κ1) is 36.0. The van der Waals surface area contributed by atoms with E-state index in [1.807, 2.05) is 54.5 Å². The first-order valence-electron chi connectivity index (χ1n) is 18.8. The molecule has 3 atom stereocenters. The molecule has 0 radical (unpaired) electrons. The minimum absolute atomic E-state index is 0.0208. The number of H-pyrrole nitrogens is 2. The number of fused-ring (bicyclic) bond motifs is 2. The van der Waals surface area contributed by atoms with Crippen LogP contribution < -0.4 is 16.0 Å². The molecule has 0 saturated carbocycles. The number of likely N-dealkylation sites (tertiary alicyclic amines) is 1. The lowest BCUT2D eigenvalue weighted by molar-refractivity contribution is -0.135. The minimum Gasteiger partial charge on any atom is -0.354 e. The van der Waals surface area contributed by atoms with Crippen LogP contribution in [0.25, 0.3) is 44.5 Å². The summed E-state index contributed by atoms with van der Waals surface area (Å²) >= 11 is 0. The Labute approximate surface area is 310 Å². The summed E-state index contributed by atoms with van der Waals surface area (Å²) in [6.07, 6.45) is 6.26. The third-order valence-corrected chi connectivity index (χ3v) is 10.3. The Morgan fingerprint density at radius 2 is 1.68 bits per heavy atom. The van der Waals surface area contributed by atoms with E-state index in [0.717, 1.165) is 100 Å². The predicted octanol–water partition coefficient (Wildman–Crippen LogP) is 6.48. The molecule has 1 aliphatic heterocycles. The number of pyridine rings is 1. The second-order valence-corrected chi connectivity index (χ2v) is 14.3. The van der Waals surface area contributed by atoms with Crippen LogP contribution in [-0.2, 0) is 16.0 Å². The zero-order valence-electron chi connectivity index (χ0n) is 30.9. The molecule has 3 aromatic heterocycles. The number of unbranched alkanes of at least 4 members (excludes halogenated alkanes) is 1. The fourth-order valence-corrected chi connectivity index (χ4v) is 7.50. The highest BCUT2D eigenvalue weighted by Gasteiger charge is 2.36. The SMILES string of the molecule is CNC(C(=O)NCCCCc1ncc(-c2ccc3cc(-c4ccc5nc(C6CCCN6C(=O)C(NC)C(C)C)[nH]c5c4)ccc3n2)[nH]1)c1ccccc1. The largest absolute Gasteiger partial charge is 0.354 e. The normalized spacial score (nSPS) is 15.7. The summed E-state index contributed by atoms with van der Waals surface area (Å²) in [4.78, 5) is 49.5. The summed E-state index contributed by atoms with van der Waals surface area (Å²) in [5.74, 6) is 2.09. The van der Waals surface area contributed by atoms with Crippen molar-refractivity contribution in [1.29, 1.82) is 0 Å². The Morgan fingerprint density at radius 3 is 2.45 bits per heavy atom. The van der Waals surface area contributed by atoms with Crippen LogP contribution >= 0.6 is 0 Å². The smallest absolute Gasteiger partial charge is 0.241 e. The van der Waals surface area contributed by atoms with E-state index in [1.165, 1.54) is 0 Å². The molecule has 7 rings (SSSR count). The van der Waals surface area contributed by atoms with Crippen molar-refractivity contribution in [2.24, 2.45) is 5.92 Å². The van der Waals surface area contributed by atoms with Crippen molar-refractivity contribution in [3.05, 3.63) is 102 Å². The van der Waals surface area contributed by atoms with Gasteiger partial charge in [0.15, 0.2) is 0 Å². The van der Waals surface area contributed by atoms with Crippen LogP contribution in [0.3, 0.4) is 0 Å². The number of rotatable bonds is 14. The molecule has 1 aliphatic rings. The van der Waals surface area contributed by atoms with E-state index in [4.69, 9.17) is 9.97 Å². The van der Waals surface area contributed by atoms with Crippen LogP contribution in [0.15, 0.2) is 85.1 Å². The van der Waals surface area contributed by atoms with Crippen molar-refractivity contribution >= 4 is 33.8 Å². The average Bonchev–Trinajstić information content (AvgIpc) is 3.95. The Morgan fingerprint density at radius 1 is 0.887 bits per heavy atom. The van der Waals surface area contributed by atoms with Gasteiger partial charge in [-0.2, -0.15) is 0 Å². The van der Waals surface area contributed by atoms with E-state index in [9.17, 15) is 9.59 Å². The van der Waals surface area contributed by atoms with E-state index in [2.05, 4.69) is 87.2 Å². The Balaban J connectivity index is 0.969. The van der Waals surface area contributed by atoms with Gasteiger partial charge < -0.3 is 30.8 Å². The molecule has 3 unspecified atom stereocenters. The third kappa shape index (κ3) is 7.86. The van der Waals surface area contributed by atoms with Crippen molar-refractivity contribution in [3.63, 3.8) is 0 Å². The molecule has 274 valence electrons. The molecule has 2 amide bonds. The second-order valence-electron chi connectivity index (χ2n) is 14.3. The molecule has 0 aliphatic carbocycles. The summed E-state index contributed by atoms with van der Waals surface area (Å²) in [6, 6.07) is 25.9. The highest BCUT2D eigenvalue weighted by molar-refractivity contribution is 5.89. The topological polar surface area (TPSA) is 144 Å². The van der Waals surface area contributed by atoms with Gasteiger partial charge in [0.2, 0.25) is 11.8 Å². The van der Waals surface area contributed by atoms with E-state index >= 15 is 0 Å². The van der Waals surface area contributed by atoms with Gasteiger partial charge in [-0.1, -0.05) is 62.4 Å². The zero-order chi connectivity index (χ0) is 36.9. The third-order valence-electron chi connectivity index (χ3n) is 10.3. The maximum atomic E-state index is 13.4. The number of amides is 2. The Hall–Kier alpha value is -5.39. The number of aromatic nitrogens is 5. The molecule has 5 N–H and O–H groups in total. The van der Waals surface area contributed by atoms with Gasteiger partial charge in [0.05, 0.1) is 46.2 Å². The lowest BCUT2D eigenvalue weighted by atomic mass is 10.0. The molecule has 11 nitrogen and oxygen atoms in total. The Bertz CT molecular complexity index is 2190. The summed E-state index contributed by atoms with van der Waals surface area (Å²) in [5.41, 5.74) is 7.63. The fraction of sp³-hybridized carbons (Fsp3) is 0.357. The number of aromatic amines is 2. The van der Waals surface area contributed by atoms with Gasteiger partial charge in [-0.05, 0) is 92.7 Å². The van der Waals surface area contributed by atoms with Crippen molar-refractivity contribution in [1.82, 2.24) is 45.8 Å². The van der Waals surface area contributed by atoms with Gasteiger partial charge in [-0.15, -0.1) is 0 Å². The van der Waals surface area contributed by atoms with Gasteiger partial charge in [-0.25, -0.2) is 15.0 Å². The molecule has 11 heteroatoms. The van der Waals surface area contributed by atoms with Gasteiger partial charge in [0.1, 0.15) is 17.7 Å². The van der Waals surface area contributed by atoms with Crippen LogP contribution in [0.4, 0.5) is 0 Å². The number of nitrogens with one attached hydrogen (secondary N) is 5. The van der Waals surface area contributed by atoms with Crippen LogP contribution in [0.2, 0.25) is 0 Å². The maximum Gasteiger partial charge on any atom is 0.241 e. The minimum atomic E-state index is -0.362. The lowest BCUT2D eigenvalue weighted by Gasteiger charge is -2.29. The van der Waals surface area contributed by atoms with E-state index < -0.39 is 0 Å². The molecule has 1 saturated heterocycles. The predicted molar refractivity (Wildman–Crippen MR) is 210 cm³/mol. The second kappa shape index (κ2) is 16.1. The first-order chi connectivity index (χ1) is 25.8. The number of likely N-dealkylation sites (N-methyl/N-ethyl adjacent to an activating group) is 2. The average molecular weight is 712 g/mol. The first-order valence-corrected chi connectivity index (χ1v) is 18.8. The summed E-state index contributed by atoms with van der Waals surface area (Å²) < 4.78 is 0. The standard InChI is InChI=1S/C42H49N9O2/c1-26(2)38(43-3)42(53)51-22-10-13-36(51)40-49-32-19-16-29(24-34(32)50-40)28-15-18-31-30(23-28)17-20-33(47-31)35-25-46-37(48-35)14-8-9-21-45-41(52)39(44-4)27-11-6-5-7-12-27/h5-7,11-12,15-20,23-26,36,38-39,43-44H,8-10,13-14,21-22H2,1-4H3,(H,45,52)(H,46,48)(H,49,50). The number of nitrogens with zero attached hydrogens (tertiary/aromatic N) is 4. The summed E-state index contributed by atoms with van der Waals surface area (Å²) in [7, 11) is 3.66. The van der Waals surface area contributed by atoms with Crippen LogP contribution in [0.5, 0.6) is 0 Å².